The average molecular weight is 450 g/mol. The third kappa shape index (κ3) is 6.62. The van der Waals surface area contributed by atoms with Crippen molar-refractivity contribution < 1.29 is 10.3 Å². The van der Waals surface area contributed by atoms with E-state index in [2.05, 4.69) is 28.9 Å². The number of likely N-dealkylation sites (tertiary alicyclic amines) is 1. The van der Waals surface area contributed by atoms with Crippen LogP contribution in [0.2, 0.25) is 0 Å². The molecule has 0 spiro atoms. The lowest BCUT2D eigenvalue weighted by molar-refractivity contribution is -0.0107. The molecule has 5 heteroatoms. The highest BCUT2D eigenvalue weighted by molar-refractivity contribution is 5.37. The first-order valence-corrected chi connectivity index (χ1v) is 12.1. The monoisotopic (exact) mass is 449 g/mol. The van der Waals surface area contributed by atoms with Gasteiger partial charge in [-0.1, -0.05) is 86.7 Å². The summed E-state index contributed by atoms with van der Waals surface area (Å²) >= 11 is 0. The number of nitrogens with zero attached hydrogens (tertiary/aromatic N) is 1. The van der Waals surface area contributed by atoms with E-state index in [9.17, 15) is 5.11 Å². The molecular weight excluding hydrogens is 410 g/mol. The second-order valence-electron chi connectivity index (χ2n) is 9.01. The molecule has 4 N–H and O–H groups in total. The Balaban J connectivity index is 1.49. The molecule has 2 aromatic carbocycles. The van der Waals surface area contributed by atoms with Gasteiger partial charge in [-0.15, -0.1) is 0 Å². The molecule has 33 heavy (non-hydrogen) atoms. The molecule has 1 aliphatic rings. The molecule has 0 aliphatic carbocycles. The van der Waals surface area contributed by atoms with Crippen molar-refractivity contribution in [3.05, 3.63) is 96.5 Å². The molecule has 0 amide bonds. The maximum Gasteiger partial charge on any atom is 0.118 e. The number of benzene rings is 2. The van der Waals surface area contributed by atoms with E-state index >= 15 is 0 Å². The number of nitrogens with one attached hydrogen (secondary N) is 2. The van der Waals surface area contributed by atoms with Crippen molar-refractivity contribution in [3.8, 4) is 0 Å². The number of piperidine rings is 1. The molecule has 1 heterocycles. The minimum absolute atomic E-state index is 0.148. The summed E-state index contributed by atoms with van der Waals surface area (Å²) in [4.78, 5) is 2.31. The number of allylic oxidation sites excluding steroid dienone is 1. The summed E-state index contributed by atoms with van der Waals surface area (Å²) in [6, 6.07) is 20.2. The standard InChI is InChI=1S/C28H39N3O2/c1-23(30-33)13-7-3-4-12-20-29-24(2)31-21-18-27(19-22-31)28(32,25-14-8-5-9-15-25)26-16-10-6-11-17-26/h5-6,8-11,14-17,27,29-30,32-33H,1-4,7,12-13,18-22H2. The zero-order valence-electron chi connectivity index (χ0n) is 19.7. The molecule has 2 aromatic rings. The molecule has 1 saturated heterocycles. The van der Waals surface area contributed by atoms with E-state index in [1.807, 2.05) is 60.7 Å². The molecule has 3 rings (SSSR count). The van der Waals surface area contributed by atoms with Gasteiger partial charge in [-0.25, -0.2) is 0 Å². The molecule has 0 bridgehead atoms. The molecule has 0 radical (unpaired) electrons. The van der Waals surface area contributed by atoms with Crippen molar-refractivity contribution in [2.75, 3.05) is 19.6 Å². The number of hydroxylamine groups is 1. The van der Waals surface area contributed by atoms with Gasteiger partial charge in [-0.05, 0) is 49.1 Å². The Morgan fingerprint density at radius 3 is 1.97 bits per heavy atom. The molecule has 0 saturated carbocycles. The number of rotatable bonds is 13. The van der Waals surface area contributed by atoms with Gasteiger partial charge in [-0.3, -0.25) is 10.7 Å². The van der Waals surface area contributed by atoms with Crippen LogP contribution in [-0.4, -0.2) is 34.8 Å². The smallest absolute Gasteiger partial charge is 0.118 e. The van der Waals surface area contributed by atoms with Crippen molar-refractivity contribution in [1.82, 2.24) is 15.7 Å². The largest absolute Gasteiger partial charge is 0.380 e. The topological polar surface area (TPSA) is 67.8 Å². The van der Waals surface area contributed by atoms with Crippen LogP contribution in [0.5, 0.6) is 0 Å². The van der Waals surface area contributed by atoms with Crippen molar-refractivity contribution in [1.29, 1.82) is 0 Å². The van der Waals surface area contributed by atoms with E-state index in [4.69, 9.17) is 5.21 Å². The second kappa shape index (κ2) is 12.5. The fourth-order valence-corrected chi connectivity index (χ4v) is 4.81. The fraction of sp³-hybridized carbons (Fsp3) is 0.429. The highest BCUT2D eigenvalue weighted by Crippen LogP contribution is 2.42. The van der Waals surface area contributed by atoms with Crippen molar-refractivity contribution in [2.45, 2.75) is 50.5 Å². The van der Waals surface area contributed by atoms with Crippen LogP contribution in [0.3, 0.4) is 0 Å². The van der Waals surface area contributed by atoms with Crippen LogP contribution in [0.1, 0.15) is 56.1 Å². The van der Waals surface area contributed by atoms with Gasteiger partial charge in [0.25, 0.3) is 0 Å². The molecule has 1 aliphatic heterocycles. The Bertz CT molecular complexity index is 822. The average Bonchev–Trinajstić information content (AvgIpc) is 2.88. The van der Waals surface area contributed by atoms with Gasteiger partial charge in [0.05, 0.1) is 5.82 Å². The minimum atomic E-state index is -0.986. The summed E-state index contributed by atoms with van der Waals surface area (Å²) in [6.07, 6.45) is 7.01. The highest BCUT2D eigenvalue weighted by atomic mass is 16.5. The third-order valence-electron chi connectivity index (χ3n) is 6.79. The van der Waals surface area contributed by atoms with Crippen LogP contribution in [0, 0.1) is 5.92 Å². The molecule has 178 valence electrons. The third-order valence-corrected chi connectivity index (χ3v) is 6.79. The number of unbranched alkanes of at least 4 members (excludes halogenated alkanes) is 3. The number of aliphatic hydroxyl groups is 1. The Labute approximate surface area is 198 Å². The fourth-order valence-electron chi connectivity index (χ4n) is 4.81. The van der Waals surface area contributed by atoms with E-state index in [-0.39, 0.29) is 5.92 Å². The molecule has 0 atom stereocenters. The first-order valence-electron chi connectivity index (χ1n) is 12.1. The van der Waals surface area contributed by atoms with Crippen LogP contribution in [-0.2, 0) is 5.60 Å². The highest BCUT2D eigenvalue weighted by Gasteiger charge is 2.41. The van der Waals surface area contributed by atoms with Gasteiger partial charge in [-0.2, -0.15) is 0 Å². The normalized spacial score (nSPS) is 14.7. The summed E-state index contributed by atoms with van der Waals surface area (Å²) in [5.41, 5.74) is 3.73. The molecule has 1 fully saturated rings. The Morgan fingerprint density at radius 1 is 0.879 bits per heavy atom. The van der Waals surface area contributed by atoms with Crippen LogP contribution in [0.4, 0.5) is 0 Å². The van der Waals surface area contributed by atoms with Crippen LogP contribution >= 0.6 is 0 Å². The summed E-state index contributed by atoms with van der Waals surface area (Å²) in [5, 5.41) is 24.2. The van der Waals surface area contributed by atoms with E-state index < -0.39 is 5.60 Å². The summed E-state index contributed by atoms with van der Waals surface area (Å²) in [6.45, 7) is 10.7. The molecule has 5 nitrogen and oxygen atoms in total. The van der Waals surface area contributed by atoms with Gasteiger partial charge in [0, 0.05) is 25.3 Å². The van der Waals surface area contributed by atoms with Gasteiger partial charge < -0.3 is 15.3 Å². The zero-order valence-corrected chi connectivity index (χ0v) is 19.7. The molecule has 0 aromatic heterocycles. The van der Waals surface area contributed by atoms with Crippen LogP contribution in [0.15, 0.2) is 85.3 Å². The Morgan fingerprint density at radius 2 is 1.42 bits per heavy atom. The minimum Gasteiger partial charge on any atom is -0.380 e. The van der Waals surface area contributed by atoms with E-state index in [0.717, 1.165) is 81.5 Å². The van der Waals surface area contributed by atoms with Gasteiger partial charge in [0.2, 0.25) is 0 Å². The SMILES string of the molecule is C=C(CCCCCCNC(=C)N1CCC(C(O)(c2ccccc2)c2ccccc2)CC1)NO. The van der Waals surface area contributed by atoms with Gasteiger partial charge >= 0.3 is 0 Å². The van der Waals surface area contributed by atoms with Gasteiger partial charge in [0.15, 0.2) is 0 Å². The molecule has 0 unspecified atom stereocenters. The van der Waals surface area contributed by atoms with Crippen molar-refractivity contribution in [2.24, 2.45) is 5.92 Å². The summed E-state index contributed by atoms with van der Waals surface area (Å²) in [7, 11) is 0. The molecular formula is C28H39N3O2. The lowest BCUT2D eigenvalue weighted by Gasteiger charge is -2.43. The zero-order chi connectivity index (χ0) is 23.5. The Kier molecular flexibility index (Phi) is 9.40. The van der Waals surface area contributed by atoms with Crippen LogP contribution in [0.25, 0.3) is 0 Å². The van der Waals surface area contributed by atoms with Crippen molar-refractivity contribution in [3.63, 3.8) is 0 Å². The van der Waals surface area contributed by atoms with Gasteiger partial charge in [0.1, 0.15) is 5.60 Å². The maximum absolute atomic E-state index is 12.0. The van der Waals surface area contributed by atoms with E-state index in [0.29, 0.717) is 5.70 Å². The predicted molar refractivity (Wildman–Crippen MR) is 134 cm³/mol. The first kappa shape index (κ1) is 24.9. The van der Waals surface area contributed by atoms with Crippen molar-refractivity contribution >= 4 is 0 Å². The van der Waals surface area contributed by atoms with E-state index in [1.165, 1.54) is 0 Å². The summed E-state index contributed by atoms with van der Waals surface area (Å²) < 4.78 is 0. The Hall–Kier alpha value is -2.76. The number of hydrogen-bond donors (Lipinski definition) is 4. The quantitative estimate of drug-likeness (QED) is 0.252. The lowest BCUT2D eigenvalue weighted by atomic mass is 9.72. The number of hydrogen-bond acceptors (Lipinski definition) is 5. The summed E-state index contributed by atoms with van der Waals surface area (Å²) in [5.74, 6) is 1.13. The predicted octanol–water partition coefficient (Wildman–Crippen LogP) is 5.14. The first-order chi connectivity index (χ1) is 16.1. The lowest BCUT2D eigenvalue weighted by Crippen LogP contribution is -2.45. The second-order valence-corrected chi connectivity index (χ2v) is 9.01. The van der Waals surface area contributed by atoms with Crippen LogP contribution < -0.4 is 10.8 Å². The van der Waals surface area contributed by atoms with E-state index in [1.54, 1.807) is 0 Å². The maximum atomic E-state index is 12.0.